The van der Waals surface area contributed by atoms with E-state index in [0.717, 1.165) is 8.04 Å². The zero-order chi connectivity index (χ0) is 12.1. The fourth-order valence-electron chi connectivity index (χ4n) is 1.09. The molecule has 3 nitrogen and oxygen atoms in total. The number of amides is 1. The van der Waals surface area contributed by atoms with E-state index in [-0.39, 0.29) is 12.5 Å². The number of ether oxygens (including phenoxy) is 1. The van der Waals surface area contributed by atoms with Crippen molar-refractivity contribution in [3.05, 3.63) is 25.7 Å². The minimum Gasteiger partial charge on any atom is -0.496 e. The first-order valence-electron chi connectivity index (χ1n) is 4.34. The molecule has 0 spiro atoms. The Bertz CT molecular complexity index is 454. The molecule has 1 rings (SSSR count). The summed E-state index contributed by atoms with van der Waals surface area (Å²) in [6.07, 6.45) is 5.07. The van der Waals surface area contributed by atoms with Crippen LogP contribution >= 0.6 is 38.5 Å². The largest absolute Gasteiger partial charge is 0.496 e. The van der Waals surface area contributed by atoms with Crippen LogP contribution in [0.25, 0.3) is 0 Å². The van der Waals surface area contributed by atoms with Crippen molar-refractivity contribution in [1.82, 2.24) is 5.32 Å². The Balaban J connectivity index is 3.04. The van der Waals surface area contributed by atoms with E-state index in [2.05, 4.69) is 49.8 Å². The standard InChI is InChI=1S/C11H9BrINO2/c1-3-4-14-11(15)7-5-10(16-2)8(12)6-9(7)13/h1,5-6H,4H2,2H3,(H,14,15). The first-order valence-corrected chi connectivity index (χ1v) is 6.22. The molecule has 0 saturated heterocycles. The smallest absolute Gasteiger partial charge is 0.253 e. The zero-order valence-corrected chi connectivity index (χ0v) is 12.3. The van der Waals surface area contributed by atoms with Crippen molar-refractivity contribution in [2.45, 2.75) is 0 Å². The Kier molecular flexibility index (Phi) is 5.09. The molecule has 0 aromatic heterocycles. The normalized spacial score (nSPS) is 9.38. The van der Waals surface area contributed by atoms with Crippen molar-refractivity contribution in [1.29, 1.82) is 0 Å². The molecule has 0 unspecified atom stereocenters. The van der Waals surface area contributed by atoms with Crippen molar-refractivity contribution < 1.29 is 9.53 Å². The van der Waals surface area contributed by atoms with Crippen LogP contribution in [0, 0.1) is 15.9 Å². The van der Waals surface area contributed by atoms with Gasteiger partial charge in [0.25, 0.3) is 5.91 Å². The minimum atomic E-state index is -0.201. The van der Waals surface area contributed by atoms with Gasteiger partial charge in [-0.15, -0.1) is 6.42 Å². The van der Waals surface area contributed by atoms with Gasteiger partial charge in [-0.2, -0.15) is 0 Å². The van der Waals surface area contributed by atoms with Crippen LogP contribution in [0.5, 0.6) is 5.75 Å². The number of carbonyl (C=O) groups excluding carboxylic acids is 1. The van der Waals surface area contributed by atoms with Gasteiger partial charge < -0.3 is 10.1 Å². The number of hydrogen-bond acceptors (Lipinski definition) is 2. The Hall–Kier alpha value is -0.740. The maximum Gasteiger partial charge on any atom is 0.253 e. The van der Waals surface area contributed by atoms with Gasteiger partial charge in [0.15, 0.2) is 0 Å². The molecule has 0 aliphatic rings. The fraction of sp³-hybridized carbons (Fsp3) is 0.182. The van der Waals surface area contributed by atoms with Gasteiger partial charge >= 0.3 is 0 Å². The summed E-state index contributed by atoms with van der Waals surface area (Å²) in [6.45, 7) is 0.216. The summed E-state index contributed by atoms with van der Waals surface area (Å²) in [5.41, 5.74) is 0.552. The lowest BCUT2D eigenvalue weighted by molar-refractivity contribution is 0.0957. The number of nitrogens with one attached hydrogen (secondary N) is 1. The molecule has 0 aliphatic carbocycles. The van der Waals surface area contributed by atoms with Crippen molar-refractivity contribution in [2.24, 2.45) is 0 Å². The van der Waals surface area contributed by atoms with E-state index in [9.17, 15) is 4.79 Å². The lowest BCUT2D eigenvalue weighted by Gasteiger charge is -2.09. The molecule has 0 aliphatic heterocycles. The fourth-order valence-corrected chi connectivity index (χ4v) is 2.73. The highest BCUT2D eigenvalue weighted by Gasteiger charge is 2.13. The van der Waals surface area contributed by atoms with Crippen LogP contribution in [0.2, 0.25) is 0 Å². The summed E-state index contributed by atoms with van der Waals surface area (Å²) >= 11 is 5.44. The van der Waals surface area contributed by atoms with Gasteiger partial charge in [0.1, 0.15) is 5.75 Å². The highest BCUT2D eigenvalue weighted by atomic mass is 127. The molecule has 0 radical (unpaired) electrons. The second kappa shape index (κ2) is 6.11. The van der Waals surface area contributed by atoms with Gasteiger partial charge in [-0.3, -0.25) is 4.79 Å². The van der Waals surface area contributed by atoms with E-state index in [1.54, 1.807) is 13.2 Å². The molecule has 1 aromatic rings. The number of terminal acetylenes is 1. The lowest BCUT2D eigenvalue weighted by Crippen LogP contribution is -2.24. The molecule has 0 bridgehead atoms. The molecule has 1 aromatic carbocycles. The molecule has 0 heterocycles. The van der Waals surface area contributed by atoms with Crippen LogP contribution in [0.3, 0.4) is 0 Å². The molecule has 1 amide bonds. The van der Waals surface area contributed by atoms with Gasteiger partial charge in [-0.25, -0.2) is 0 Å². The first-order chi connectivity index (χ1) is 7.60. The first kappa shape index (κ1) is 13.3. The van der Waals surface area contributed by atoms with Crippen molar-refractivity contribution in [3.63, 3.8) is 0 Å². The third-order valence-electron chi connectivity index (χ3n) is 1.84. The van der Waals surface area contributed by atoms with Crippen LogP contribution in [-0.2, 0) is 0 Å². The van der Waals surface area contributed by atoms with E-state index in [0.29, 0.717) is 11.3 Å². The molecule has 16 heavy (non-hydrogen) atoms. The molecule has 84 valence electrons. The van der Waals surface area contributed by atoms with Crippen LogP contribution in [-0.4, -0.2) is 19.6 Å². The number of methoxy groups -OCH3 is 1. The Morgan fingerprint density at radius 1 is 1.69 bits per heavy atom. The van der Waals surface area contributed by atoms with Crippen LogP contribution in [0.1, 0.15) is 10.4 Å². The number of hydrogen-bond donors (Lipinski definition) is 1. The molecule has 5 heteroatoms. The third-order valence-corrected chi connectivity index (χ3v) is 3.35. The monoisotopic (exact) mass is 393 g/mol. The van der Waals surface area contributed by atoms with E-state index < -0.39 is 0 Å². The lowest BCUT2D eigenvalue weighted by atomic mass is 10.2. The molecule has 0 atom stereocenters. The Labute approximate surface area is 116 Å². The molecule has 0 saturated carbocycles. The highest BCUT2D eigenvalue weighted by molar-refractivity contribution is 14.1. The maximum absolute atomic E-state index is 11.7. The quantitative estimate of drug-likeness (QED) is 0.632. The summed E-state index contributed by atoms with van der Waals surface area (Å²) in [5, 5.41) is 2.61. The Morgan fingerprint density at radius 3 is 2.94 bits per heavy atom. The maximum atomic E-state index is 11.7. The zero-order valence-electron chi connectivity index (χ0n) is 8.51. The third kappa shape index (κ3) is 3.12. The van der Waals surface area contributed by atoms with Gasteiger partial charge in [0, 0.05) is 3.57 Å². The predicted octanol–water partition coefficient (Wildman–Crippen LogP) is 2.43. The van der Waals surface area contributed by atoms with Crippen molar-refractivity contribution >= 4 is 44.4 Å². The number of halogens is 2. The summed E-state index contributed by atoms with van der Waals surface area (Å²) < 4.78 is 6.77. The van der Waals surface area contributed by atoms with E-state index in [1.807, 2.05) is 6.07 Å². The van der Waals surface area contributed by atoms with Crippen molar-refractivity contribution in [2.75, 3.05) is 13.7 Å². The van der Waals surface area contributed by atoms with Crippen LogP contribution in [0.4, 0.5) is 0 Å². The summed E-state index contributed by atoms with van der Waals surface area (Å²) in [4.78, 5) is 11.7. The highest BCUT2D eigenvalue weighted by Crippen LogP contribution is 2.29. The minimum absolute atomic E-state index is 0.201. The molecule has 0 fully saturated rings. The topological polar surface area (TPSA) is 38.3 Å². The van der Waals surface area contributed by atoms with Crippen LogP contribution < -0.4 is 10.1 Å². The second-order valence-corrected chi connectivity index (χ2v) is 4.87. The van der Waals surface area contributed by atoms with E-state index >= 15 is 0 Å². The summed E-state index contributed by atoms with van der Waals surface area (Å²) in [6, 6.07) is 3.50. The number of benzene rings is 1. The summed E-state index contributed by atoms with van der Waals surface area (Å²) in [7, 11) is 1.55. The Morgan fingerprint density at radius 2 is 2.38 bits per heavy atom. The molecular formula is C11H9BrINO2. The van der Waals surface area contributed by atoms with Gasteiger partial charge in [-0.1, -0.05) is 5.92 Å². The summed E-state index contributed by atoms with van der Waals surface area (Å²) in [5.74, 6) is 2.77. The number of rotatable bonds is 3. The van der Waals surface area contributed by atoms with E-state index in [1.165, 1.54) is 0 Å². The molecule has 1 N–H and O–H groups in total. The van der Waals surface area contributed by atoms with Crippen molar-refractivity contribution in [3.8, 4) is 18.1 Å². The van der Waals surface area contributed by atoms with Gasteiger partial charge in [0.2, 0.25) is 0 Å². The van der Waals surface area contributed by atoms with Crippen LogP contribution in [0.15, 0.2) is 16.6 Å². The SMILES string of the molecule is C#CCNC(=O)c1cc(OC)c(Br)cc1I. The van der Waals surface area contributed by atoms with Gasteiger partial charge in [0.05, 0.1) is 23.7 Å². The average Bonchev–Trinajstić information content (AvgIpc) is 2.26. The average molecular weight is 394 g/mol. The van der Waals surface area contributed by atoms with E-state index in [4.69, 9.17) is 11.2 Å². The molecular weight excluding hydrogens is 385 g/mol. The number of carbonyl (C=O) groups is 1. The predicted molar refractivity (Wildman–Crippen MR) is 74.6 cm³/mol. The second-order valence-electron chi connectivity index (χ2n) is 2.85. The van der Waals surface area contributed by atoms with Gasteiger partial charge in [-0.05, 0) is 50.7 Å².